The molecule has 1 aromatic heterocycles. The number of ether oxygens (including phenoxy) is 2. The number of thiol groups is 1. The fourth-order valence-corrected chi connectivity index (χ4v) is 11.7. The van der Waals surface area contributed by atoms with E-state index < -0.39 is 66.1 Å². The number of benzene rings is 1. The van der Waals surface area contributed by atoms with E-state index in [4.69, 9.17) is 15.2 Å². The first-order valence-electron chi connectivity index (χ1n) is 27.0. The second-order valence-electron chi connectivity index (χ2n) is 21.8. The standard InChI is InChI=1S/C56H89N7O10S/c1-12-36(6)52(48(72-10)30-50(68)62-25-19-22-45(62)53(73-11)37(7)46(65)27-38(54(57)69)26-39-31-58-43-21-16-15-20-41(39)43)61(9)55(70)42(34(2)3)28-47(66)51(35(4)5)60(8)23-17-13-14-18-24-63-49(67)29-44(56(63)71)59-40(32-64)33-74/h15-16,20-21,31-32,34-38,40,42,44-45,48,51-53,58-59,74H,12-14,17-19,22-30,33H2,1-11H3,(H2,57,69)/t36-,37-,38+,40+,42-,44?,45-,48+,51-,52-,53+/m0/s1. The molecule has 4 N–H and O–H groups in total. The SMILES string of the molecule is CC[C@H](C)[C@@H]([C@@H](CC(=O)N1CCC[C@H]1[C@H](OC)[C@@H](C)C(=O)C[C@@H](Cc1c[nH]c2ccccc12)C(N)=O)OC)N(C)C(=O)[C@@H](CC(=O)[C@H](C(C)C)N(C)CCCCCCN1C(=O)CC(N[C@H](C=O)CS)C1=O)C(C)C. The molecule has 5 amide bonds. The van der Waals surface area contributed by atoms with Crippen molar-refractivity contribution in [2.75, 3.05) is 53.7 Å². The Hall–Kier alpha value is -4.49. The third-order valence-electron chi connectivity index (χ3n) is 16.0. The summed E-state index contributed by atoms with van der Waals surface area (Å²) in [7, 11) is 6.80. The second-order valence-corrected chi connectivity index (χ2v) is 22.1. The van der Waals surface area contributed by atoms with Gasteiger partial charge in [0, 0.05) is 87.8 Å². The maximum atomic E-state index is 14.8. The average molecular weight is 1050 g/mol. The van der Waals surface area contributed by atoms with Crippen LogP contribution in [0.15, 0.2) is 30.5 Å². The number of unbranched alkanes of at least 4 members (excludes halogenated alkanes) is 3. The van der Waals surface area contributed by atoms with E-state index in [2.05, 4.69) is 27.8 Å². The molecule has 74 heavy (non-hydrogen) atoms. The summed E-state index contributed by atoms with van der Waals surface area (Å²) >= 11 is 4.13. The number of hydrogen-bond donors (Lipinski definition) is 4. The number of carbonyl (C=O) groups excluding carboxylic acids is 8. The lowest BCUT2D eigenvalue weighted by atomic mass is 9.83. The van der Waals surface area contributed by atoms with Crippen LogP contribution >= 0.6 is 12.6 Å². The summed E-state index contributed by atoms with van der Waals surface area (Å²) in [6.45, 7) is 15.3. The number of aromatic nitrogens is 1. The van der Waals surface area contributed by atoms with Gasteiger partial charge in [0.2, 0.25) is 29.5 Å². The Labute approximate surface area is 445 Å². The lowest BCUT2D eigenvalue weighted by Crippen LogP contribution is -2.54. The van der Waals surface area contributed by atoms with Gasteiger partial charge in [-0.1, -0.05) is 85.9 Å². The Bertz CT molecular complexity index is 2200. The molecule has 18 heteroatoms. The van der Waals surface area contributed by atoms with Gasteiger partial charge in [0.05, 0.1) is 55.3 Å². The number of imide groups is 1. The largest absolute Gasteiger partial charge is 0.379 e. The third-order valence-corrected chi connectivity index (χ3v) is 16.4. The van der Waals surface area contributed by atoms with E-state index in [1.807, 2.05) is 79.1 Å². The molecule has 3 heterocycles. The first kappa shape index (κ1) is 62.1. The van der Waals surface area contributed by atoms with E-state index in [1.165, 1.54) is 4.90 Å². The van der Waals surface area contributed by atoms with Gasteiger partial charge in [0.25, 0.3) is 0 Å². The number of aromatic amines is 1. The summed E-state index contributed by atoms with van der Waals surface area (Å²) in [5, 5.41) is 3.89. The van der Waals surface area contributed by atoms with E-state index in [9.17, 15) is 38.4 Å². The Morgan fingerprint density at radius 1 is 0.932 bits per heavy atom. The minimum Gasteiger partial charge on any atom is -0.379 e. The number of methoxy groups -OCH3 is 2. The lowest BCUT2D eigenvalue weighted by molar-refractivity contribution is -0.149. The fraction of sp³-hybridized carbons (Fsp3) is 0.714. The number of likely N-dealkylation sites (N-methyl/N-ethyl adjacent to an activating group) is 2. The van der Waals surface area contributed by atoms with E-state index in [0.29, 0.717) is 51.6 Å². The summed E-state index contributed by atoms with van der Waals surface area (Å²) in [5.41, 5.74) is 7.72. The molecule has 1 unspecified atom stereocenters. The molecule has 17 nitrogen and oxygen atoms in total. The first-order valence-corrected chi connectivity index (χ1v) is 27.7. The molecule has 2 fully saturated rings. The van der Waals surface area contributed by atoms with Crippen LogP contribution < -0.4 is 11.1 Å². The molecule has 0 saturated carbocycles. The number of likely N-dealkylation sites (tertiary alicyclic amines) is 2. The summed E-state index contributed by atoms with van der Waals surface area (Å²) in [6, 6.07) is 5.16. The van der Waals surface area contributed by atoms with Gasteiger partial charge in [-0.25, -0.2) is 0 Å². The zero-order valence-corrected chi connectivity index (χ0v) is 47.1. The molecule has 0 spiro atoms. The van der Waals surface area contributed by atoms with Gasteiger partial charge in [-0.2, -0.15) is 12.6 Å². The minimum absolute atomic E-state index is 0.00891. The summed E-state index contributed by atoms with van der Waals surface area (Å²) in [4.78, 5) is 117. The maximum absolute atomic E-state index is 14.8. The molecule has 2 aliphatic rings. The van der Waals surface area contributed by atoms with E-state index in [0.717, 1.165) is 42.1 Å². The van der Waals surface area contributed by atoms with Crippen LogP contribution in [0.1, 0.15) is 125 Å². The Kier molecular flexibility index (Phi) is 24.9. The average Bonchev–Trinajstić information content (AvgIpc) is 4.09. The van der Waals surface area contributed by atoms with Crippen LogP contribution in [-0.2, 0) is 54.3 Å². The normalized spacial score (nSPS) is 19.9. The molecular formula is C56H89N7O10S. The van der Waals surface area contributed by atoms with Crippen molar-refractivity contribution in [1.82, 2.24) is 29.9 Å². The maximum Gasteiger partial charge on any atom is 0.246 e. The quantitative estimate of drug-likeness (QED) is 0.0289. The molecule has 2 saturated heterocycles. The number of primary amides is 1. The fourth-order valence-electron chi connectivity index (χ4n) is 11.5. The molecule has 0 bridgehead atoms. The van der Waals surface area contributed by atoms with Crippen LogP contribution in [0.5, 0.6) is 0 Å². The number of nitrogens with zero attached hydrogens (tertiary/aromatic N) is 4. The van der Waals surface area contributed by atoms with Crippen molar-refractivity contribution >= 4 is 70.9 Å². The van der Waals surface area contributed by atoms with Crippen LogP contribution in [0.4, 0.5) is 0 Å². The zero-order chi connectivity index (χ0) is 55.0. The number of para-hydroxylation sites is 1. The Balaban J connectivity index is 1.37. The van der Waals surface area contributed by atoms with Gasteiger partial charge in [-0.15, -0.1) is 0 Å². The number of amides is 5. The third kappa shape index (κ3) is 16.0. The number of fused-ring (bicyclic) bond motifs is 1. The van der Waals surface area contributed by atoms with Crippen molar-refractivity contribution in [3.63, 3.8) is 0 Å². The molecule has 11 atom stereocenters. The van der Waals surface area contributed by atoms with Crippen molar-refractivity contribution in [3.05, 3.63) is 36.0 Å². The van der Waals surface area contributed by atoms with Crippen molar-refractivity contribution in [2.45, 2.75) is 168 Å². The second kappa shape index (κ2) is 29.7. The molecule has 4 rings (SSSR count). The molecule has 0 radical (unpaired) electrons. The number of H-pyrrole nitrogens is 1. The molecule has 0 aliphatic carbocycles. The Morgan fingerprint density at radius 2 is 1.62 bits per heavy atom. The topological polar surface area (TPSA) is 222 Å². The molecule has 2 aromatic rings. The van der Waals surface area contributed by atoms with Crippen LogP contribution in [0.3, 0.4) is 0 Å². The predicted molar refractivity (Wildman–Crippen MR) is 290 cm³/mol. The number of rotatable bonds is 34. The number of nitrogens with one attached hydrogen (secondary N) is 2. The number of ketones is 2. The lowest BCUT2D eigenvalue weighted by Gasteiger charge is -2.41. The highest BCUT2D eigenvalue weighted by molar-refractivity contribution is 7.80. The van der Waals surface area contributed by atoms with Crippen molar-refractivity contribution in [2.24, 2.45) is 41.2 Å². The molecular weight excluding hydrogens is 963 g/mol. The van der Waals surface area contributed by atoms with E-state index >= 15 is 0 Å². The summed E-state index contributed by atoms with van der Waals surface area (Å²) in [5.74, 6) is -3.61. The number of hydrogen-bond acceptors (Lipinski definition) is 13. The highest BCUT2D eigenvalue weighted by Crippen LogP contribution is 2.33. The van der Waals surface area contributed by atoms with Gasteiger partial charge in [-0.05, 0) is 75.1 Å². The van der Waals surface area contributed by atoms with Crippen LogP contribution in [0.25, 0.3) is 10.9 Å². The van der Waals surface area contributed by atoms with Crippen molar-refractivity contribution < 1.29 is 47.8 Å². The number of Topliss-reactive ketones (excluding diaryl/α,β-unsaturated/α-hetero) is 2. The van der Waals surface area contributed by atoms with Gasteiger partial charge < -0.3 is 34.8 Å². The van der Waals surface area contributed by atoms with Gasteiger partial charge in [-0.3, -0.25) is 48.7 Å². The summed E-state index contributed by atoms with van der Waals surface area (Å²) in [6.07, 6.45) is 6.70. The predicted octanol–water partition coefficient (Wildman–Crippen LogP) is 5.65. The molecule has 414 valence electrons. The van der Waals surface area contributed by atoms with E-state index in [1.54, 1.807) is 38.0 Å². The molecule has 1 aromatic carbocycles. The summed E-state index contributed by atoms with van der Waals surface area (Å²) < 4.78 is 12.2. The highest BCUT2D eigenvalue weighted by Gasteiger charge is 2.44. The first-order chi connectivity index (χ1) is 35.1. The van der Waals surface area contributed by atoms with Crippen LogP contribution in [0, 0.1) is 35.5 Å². The smallest absolute Gasteiger partial charge is 0.246 e. The number of nitrogens with two attached hydrogens (primary N) is 1. The van der Waals surface area contributed by atoms with Crippen LogP contribution in [-0.4, -0.2) is 168 Å². The Morgan fingerprint density at radius 3 is 2.23 bits per heavy atom. The van der Waals surface area contributed by atoms with E-state index in [-0.39, 0.29) is 84.4 Å². The van der Waals surface area contributed by atoms with Gasteiger partial charge in [0.15, 0.2) is 5.78 Å². The van der Waals surface area contributed by atoms with Gasteiger partial charge in [0.1, 0.15) is 12.1 Å². The van der Waals surface area contributed by atoms with Crippen molar-refractivity contribution in [1.29, 1.82) is 0 Å². The zero-order valence-electron chi connectivity index (χ0n) is 46.2. The highest BCUT2D eigenvalue weighted by atomic mass is 32.1. The number of carbonyl (C=O) groups is 8. The minimum atomic E-state index is -0.722. The monoisotopic (exact) mass is 1050 g/mol. The molecule has 2 aliphatic heterocycles. The van der Waals surface area contributed by atoms with Crippen molar-refractivity contribution in [3.8, 4) is 0 Å². The van der Waals surface area contributed by atoms with Crippen LogP contribution in [0.2, 0.25) is 0 Å². The number of aldehydes is 1. The van der Waals surface area contributed by atoms with Gasteiger partial charge >= 0.3 is 0 Å².